The first-order valence-electron chi connectivity index (χ1n) is 6.58. The van der Waals surface area contributed by atoms with Gasteiger partial charge in [-0.15, -0.1) is 0 Å². The van der Waals surface area contributed by atoms with Crippen molar-refractivity contribution < 1.29 is 4.79 Å². The maximum absolute atomic E-state index is 11.8. The molecule has 3 heteroatoms. The Morgan fingerprint density at radius 3 is 2.83 bits per heavy atom. The van der Waals surface area contributed by atoms with Crippen LogP contribution in [0.3, 0.4) is 0 Å². The lowest BCUT2D eigenvalue weighted by Gasteiger charge is -2.21. The van der Waals surface area contributed by atoms with Crippen LogP contribution in [0.15, 0.2) is 24.3 Å². The molecular formula is C15H22N2O. The van der Waals surface area contributed by atoms with E-state index in [1.807, 2.05) is 20.8 Å². The van der Waals surface area contributed by atoms with Gasteiger partial charge in [0.05, 0.1) is 0 Å². The van der Waals surface area contributed by atoms with Crippen molar-refractivity contribution >= 4 is 5.91 Å². The van der Waals surface area contributed by atoms with Crippen molar-refractivity contribution in [2.75, 3.05) is 0 Å². The number of fused-ring (bicyclic) bond motifs is 1. The Balaban J connectivity index is 1.87. The molecule has 3 nitrogen and oxygen atoms in total. The van der Waals surface area contributed by atoms with Gasteiger partial charge in [-0.25, -0.2) is 0 Å². The first-order chi connectivity index (χ1) is 8.46. The van der Waals surface area contributed by atoms with Crippen LogP contribution < -0.4 is 10.6 Å². The Hall–Kier alpha value is -1.35. The second-order valence-corrected chi connectivity index (χ2v) is 5.97. The molecule has 98 valence electrons. The molecule has 1 unspecified atom stereocenters. The van der Waals surface area contributed by atoms with Crippen molar-refractivity contribution in [3.63, 3.8) is 0 Å². The molecule has 0 radical (unpaired) electrons. The molecule has 1 amide bonds. The Morgan fingerprint density at radius 2 is 2.11 bits per heavy atom. The molecule has 1 heterocycles. The summed E-state index contributed by atoms with van der Waals surface area (Å²) in [7, 11) is 0. The zero-order valence-corrected chi connectivity index (χ0v) is 11.4. The predicted octanol–water partition coefficient (Wildman–Crippen LogP) is 2.53. The molecule has 1 aromatic rings. The summed E-state index contributed by atoms with van der Waals surface area (Å²) in [6, 6.07) is 8.76. The molecule has 2 rings (SSSR count). The summed E-state index contributed by atoms with van der Waals surface area (Å²) in [5.74, 6) is 0.133. The molecule has 1 atom stereocenters. The Kier molecular flexibility index (Phi) is 3.71. The number of carbonyl (C=O) groups excluding carboxylic acids is 1. The van der Waals surface area contributed by atoms with Crippen LogP contribution in [0.25, 0.3) is 0 Å². The molecule has 0 saturated heterocycles. The summed E-state index contributed by atoms with van der Waals surface area (Å²) in [5, 5.41) is 6.46. The van der Waals surface area contributed by atoms with E-state index in [4.69, 9.17) is 0 Å². The summed E-state index contributed by atoms with van der Waals surface area (Å²) in [6.07, 6.45) is 1.43. The quantitative estimate of drug-likeness (QED) is 0.860. The van der Waals surface area contributed by atoms with Gasteiger partial charge in [0.1, 0.15) is 0 Å². The Labute approximate surface area is 109 Å². The van der Waals surface area contributed by atoms with Gasteiger partial charge in [-0.05, 0) is 38.3 Å². The second kappa shape index (κ2) is 5.11. The standard InChI is InChI=1S/C15H22N2O/c1-15(2,3)17-14(18)9-8-13-12-7-5-4-6-11(12)10-16-13/h4-7,13,16H,8-10H2,1-3H3,(H,17,18). The van der Waals surface area contributed by atoms with Gasteiger partial charge in [-0.1, -0.05) is 24.3 Å². The van der Waals surface area contributed by atoms with E-state index in [9.17, 15) is 4.79 Å². The number of amides is 1. The van der Waals surface area contributed by atoms with E-state index < -0.39 is 0 Å². The van der Waals surface area contributed by atoms with E-state index in [2.05, 4.69) is 34.9 Å². The van der Waals surface area contributed by atoms with Crippen molar-refractivity contribution in [3.05, 3.63) is 35.4 Å². The number of rotatable bonds is 3. The van der Waals surface area contributed by atoms with E-state index >= 15 is 0 Å². The molecular weight excluding hydrogens is 224 g/mol. The maximum atomic E-state index is 11.8. The van der Waals surface area contributed by atoms with Gasteiger partial charge in [0.25, 0.3) is 0 Å². The molecule has 1 aromatic carbocycles. The molecule has 1 aliphatic rings. The minimum absolute atomic E-state index is 0.133. The van der Waals surface area contributed by atoms with Gasteiger partial charge in [0.2, 0.25) is 5.91 Å². The van der Waals surface area contributed by atoms with Crippen molar-refractivity contribution in [1.29, 1.82) is 0 Å². The number of hydrogen-bond acceptors (Lipinski definition) is 2. The van der Waals surface area contributed by atoms with Crippen LogP contribution >= 0.6 is 0 Å². The zero-order chi connectivity index (χ0) is 13.2. The van der Waals surface area contributed by atoms with Crippen molar-refractivity contribution in [1.82, 2.24) is 10.6 Å². The van der Waals surface area contributed by atoms with Crippen LogP contribution in [0.4, 0.5) is 0 Å². The molecule has 0 bridgehead atoms. The fourth-order valence-electron chi connectivity index (χ4n) is 2.39. The Morgan fingerprint density at radius 1 is 1.39 bits per heavy atom. The van der Waals surface area contributed by atoms with E-state index in [-0.39, 0.29) is 11.4 Å². The third-order valence-corrected chi connectivity index (χ3v) is 3.14. The van der Waals surface area contributed by atoms with Crippen molar-refractivity contribution in [2.45, 2.75) is 51.7 Å². The lowest BCUT2D eigenvalue weighted by Crippen LogP contribution is -2.40. The minimum Gasteiger partial charge on any atom is -0.352 e. The van der Waals surface area contributed by atoms with Crippen LogP contribution in [0.5, 0.6) is 0 Å². The van der Waals surface area contributed by atoms with E-state index in [1.165, 1.54) is 11.1 Å². The first-order valence-corrected chi connectivity index (χ1v) is 6.58. The molecule has 0 spiro atoms. The van der Waals surface area contributed by atoms with Gasteiger partial charge in [0.15, 0.2) is 0 Å². The smallest absolute Gasteiger partial charge is 0.220 e. The van der Waals surface area contributed by atoms with Gasteiger partial charge < -0.3 is 10.6 Å². The zero-order valence-electron chi connectivity index (χ0n) is 11.4. The van der Waals surface area contributed by atoms with Crippen LogP contribution in [-0.2, 0) is 11.3 Å². The molecule has 0 aromatic heterocycles. The summed E-state index contributed by atoms with van der Waals surface area (Å²) >= 11 is 0. The molecule has 0 aliphatic carbocycles. The van der Waals surface area contributed by atoms with E-state index in [1.54, 1.807) is 0 Å². The third-order valence-electron chi connectivity index (χ3n) is 3.14. The summed E-state index contributed by atoms with van der Waals surface area (Å²) in [6.45, 7) is 6.94. The summed E-state index contributed by atoms with van der Waals surface area (Å²) in [4.78, 5) is 11.8. The van der Waals surface area contributed by atoms with Crippen LogP contribution in [0.1, 0.15) is 50.8 Å². The van der Waals surface area contributed by atoms with E-state index in [0.29, 0.717) is 12.5 Å². The predicted molar refractivity (Wildman–Crippen MR) is 73.2 cm³/mol. The highest BCUT2D eigenvalue weighted by Gasteiger charge is 2.22. The molecule has 0 fully saturated rings. The van der Waals surface area contributed by atoms with Gasteiger partial charge in [0, 0.05) is 24.5 Å². The van der Waals surface area contributed by atoms with Crippen LogP contribution in [-0.4, -0.2) is 11.4 Å². The van der Waals surface area contributed by atoms with Gasteiger partial charge >= 0.3 is 0 Å². The third kappa shape index (κ3) is 3.33. The maximum Gasteiger partial charge on any atom is 0.220 e. The van der Waals surface area contributed by atoms with Gasteiger partial charge in [-0.2, -0.15) is 0 Å². The first kappa shape index (κ1) is 13.1. The number of nitrogens with one attached hydrogen (secondary N) is 2. The highest BCUT2D eigenvalue weighted by Crippen LogP contribution is 2.28. The highest BCUT2D eigenvalue weighted by atomic mass is 16.1. The SMILES string of the molecule is CC(C)(C)NC(=O)CCC1NCc2ccccc21. The summed E-state index contributed by atoms with van der Waals surface area (Å²) < 4.78 is 0. The van der Waals surface area contributed by atoms with E-state index in [0.717, 1.165) is 13.0 Å². The molecule has 2 N–H and O–H groups in total. The topological polar surface area (TPSA) is 41.1 Å². The van der Waals surface area contributed by atoms with Gasteiger partial charge in [-0.3, -0.25) is 4.79 Å². The highest BCUT2D eigenvalue weighted by molar-refractivity contribution is 5.76. The number of benzene rings is 1. The van der Waals surface area contributed by atoms with Crippen LogP contribution in [0.2, 0.25) is 0 Å². The average Bonchev–Trinajstić information content (AvgIpc) is 2.67. The molecule has 1 aliphatic heterocycles. The molecule has 18 heavy (non-hydrogen) atoms. The number of hydrogen-bond donors (Lipinski definition) is 2. The largest absolute Gasteiger partial charge is 0.352 e. The lowest BCUT2D eigenvalue weighted by molar-refractivity contribution is -0.122. The minimum atomic E-state index is -0.141. The van der Waals surface area contributed by atoms with Crippen molar-refractivity contribution in [2.24, 2.45) is 0 Å². The molecule has 0 saturated carbocycles. The monoisotopic (exact) mass is 246 g/mol. The van der Waals surface area contributed by atoms with Crippen molar-refractivity contribution in [3.8, 4) is 0 Å². The Bertz CT molecular complexity index is 434. The fraction of sp³-hybridized carbons (Fsp3) is 0.533. The fourth-order valence-corrected chi connectivity index (χ4v) is 2.39. The van der Waals surface area contributed by atoms with Crippen LogP contribution in [0, 0.1) is 0 Å². The second-order valence-electron chi connectivity index (χ2n) is 5.97. The number of carbonyl (C=O) groups is 1. The normalized spacial score (nSPS) is 18.5. The average molecular weight is 246 g/mol. The lowest BCUT2D eigenvalue weighted by atomic mass is 10.0. The summed E-state index contributed by atoms with van der Waals surface area (Å²) in [5.41, 5.74) is 2.57.